The molecule has 1 atom stereocenters. The summed E-state index contributed by atoms with van der Waals surface area (Å²) in [5, 5.41) is 3.17. The third-order valence-electron chi connectivity index (χ3n) is 6.08. The summed E-state index contributed by atoms with van der Waals surface area (Å²) in [5.74, 6) is 0.411. The number of ether oxygens (including phenoxy) is 1. The van der Waals surface area contributed by atoms with Gasteiger partial charge in [0.25, 0.3) is 0 Å². The summed E-state index contributed by atoms with van der Waals surface area (Å²) in [6.07, 6.45) is 7.69. The Balaban J connectivity index is 0.00000196. The van der Waals surface area contributed by atoms with Crippen molar-refractivity contribution in [2.24, 2.45) is 11.7 Å². The molecular formula is C19H36Cl2N4O3. The first kappa shape index (κ1) is 25.4. The van der Waals surface area contributed by atoms with E-state index < -0.39 is 6.04 Å². The third kappa shape index (κ3) is 7.34. The lowest BCUT2D eigenvalue weighted by Gasteiger charge is -2.37. The standard InChI is InChI=1S/C19H34N4O3.2ClH/c20-18(15-6-12-26-13-7-15)19(25)23-10-8-22(9-11-23)14-17(24)21-16-4-2-1-3-5-16;;/h15-16,18H,1-14,20H2,(H,21,24);2*1H. The van der Waals surface area contributed by atoms with Crippen LogP contribution >= 0.6 is 24.8 Å². The predicted octanol–water partition coefficient (Wildman–Crippen LogP) is 1.18. The van der Waals surface area contributed by atoms with Crippen LogP contribution in [0.4, 0.5) is 0 Å². The van der Waals surface area contributed by atoms with Crippen LogP contribution in [0.3, 0.4) is 0 Å². The van der Waals surface area contributed by atoms with Crippen LogP contribution in [0.2, 0.25) is 0 Å². The van der Waals surface area contributed by atoms with Gasteiger partial charge in [-0.25, -0.2) is 0 Å². The topological polar surface area (TPSA) is 87.9 Å². The molecule has 2 aliphatic heterocycles. The highest BCUT2D eigenvalue weighted by atomic mass is 35.5. The lowest BCUT2D eigenvalue weighted by Crippen LogP contribution is -2.56. The monoisotopic (exact) mass is 438 g/mol. The fraction of sp³-hybridized carbons (Fsp3) is 0.895. The van der Waals surface area contributed by atoms with Gasteiger partial charge in [-0.05, 0) is 31.6 Å². The van der Waals surface area contributed by atoms with Crippen molar-refractivity contribution < 1.29 is 14.3 Å². The quantitative estimate of drug-likeness (QED) is 0.672. The Labute approximate surface area is 180 Å². The van der Waals surface area contributed by atoms with Crippen molar-refractivity contribution in [1.29, 1.82) is 0 Å². The number of carbonyl (C=O) groups is 2. The van der Waals surface area contributed by atoms with Crippen LogP contribution in [-0.2, 0) is 14.3 Å². The average Bonchev–Trinajstić information content (AvgIpc) is 2.69. The maximum Gasteiger partial charge on any atom is 0.239 e. The number of nitrogens with one attached hydrogen (secondary N) is 1. The molecule has 0 bridgehead atoms. The van der Waals surface area contributed by atoms with Gasteiger partial charge in [-0.1, -0.05) is 19.3 Å². The van der Waals surface area contributed by atoms with E-state index in [4.69, 9.17) is 10.5 Å². The molecule has 0 aromatic rings. The van der Waals surface area contributed by atoms with E-state index in [1.165, 1.54) is 19.3 Å². The summed E-state index contributed by atoms with van der Waals surface area (Å²) in [6, 6.07) is -0.0587. The molecule has 0 aromatic heterocycles. The van der Waals surface area contributed by atoms with Gasteiger partial charge in [0.05, 0.1) is 12.6 Å². The Bertz CT molecular complexity index is 478. The molecule has 3 aliphatic rings. The van der Waals surface area contributed by atoms with Crippen LogP contribution in [0.1, 0.15) is 44.9 Å². The Kier molecular flexibility index (Phi) is 11.7. The van der Waals surface area contributed by atoms with Gasteiger partial charge in [0.2, 0.25) is 11.8 Å². The number of halogens is 2. The van der Waals surface area contributed by atoms with Gasteiger partial charge in [0, 0.05) is 45.4 Å². The summed E-state index contributed by atoms with van der Waals surface area (Å²) in [7, 11) is 0. The van der Waals surface area contributed by atoms with E-state index in [0.717, 1.165) is 38.8 Å². The number of carbonyl (C=O) groups excluding carboxylic acids is 2. The smallest absolute Gasteiger partial charge is 0.239 e. The predicted molar refractivity (Wildman–Crippen MR) is 114 cm³/mol. The van der Waals surface area contributed by atoms with Crippen LogP contribution in [0, 0.1) is 5.92 Å². The van der Waals surface area contributed by atoms with Crippen molar-refractivity contribution >= 4 is 36.6 Å². The molecule has 0 radical (unpaired) electrons. The fourth-order valence-corrected chi connectivity index (χ4v) is 4.34. The summed E-state index contributed by atoms with van der Waals surface area (Å²) in [5.41, 5.74) is 6.22. The van der Waals surface area contributed by atoms with Crippen LogP contribution in [0.5, 0.6) is 0 Å². The highest BCUT2D eigenvalue weighted by Crippen LogP contribution is 2.20. The molecule has 1 aliphatic carbocycles. The first-order chi connectivity index (χ1) is 12.6. The molecule has 1 saturated carbocycles. The number of nitrogens with zero attached hydrogens (tertiary/aromatic N) is 2. The van der Waals surface area contributed by atoms with Gasteiger partial charge >= 0.3 is 0 Å². The van der Waals surface area contributed by atoms with Gasteiger partial charge in [-0.15, -0.1) is 24.8 Å². The van der Waals surface area contributed by atoms with E-state index in [0.29, 0.717) is 38.9 Å². The summed E-state index contributed by atoms with van der Waals surface area (Å²) >= 11 is 0. The lowest BCUT2D eigenvalue weighted by molar-refractivity contribution is -0.136. The Hall–Kier alpha value is -0.600. The van der Waals surface area contributed by atoms with Crippen molar-refractivity contribution in [3.63, 3.8) is 0 Å². The molecule has 0 spiro atoms. The zero-order valence-corrected chi connectivity index (χ0v) is 18.3. The fourth-order valence-electron chi connectivity index (χ4n) is 4.34. The molecule has 164 valence electrons. The molecule has 28 heavy (non-hydrogen) atoms. The van der Waals surface area contributed by atoms with E-state index in [9.17, 15) is 9.59 Å². The number of rotatable bonds is 5. The van der Waals surface area contributed by atoms with Gasteiger partial charge in [0.15, 0.2) is 0 Å². The maximum atomic E-state index is 12.7. The van der Waals surface area contributed by atoms with Gasteiger partial charge in [-0.3, -0.25) is 14.5 Å². The molecule has 2 amide bonds. The summed E-state index contributed by atoms with van der Waals surface area (Å²) in [6.45, 7) is 4.64. The molecule has 2 heterocycles. The zero-order chi connectivity index (χ0) is 18.4. The van der Waals surface area contributed by atoms with E-state index >= 15 is 0 Å². The lowest BCUT2D eigenvalue weighted by atomic mass is 9.91. The molecular weight excluding hydrogens is 403 g/mol. The van der Waals surface area contributed by atoms with Crippen LogP contribution in [0.25, 0.3) is 0 Å². The van der Waals surface area contributed by atoms with Crippen molar-refractivity contribution in [3.05, 3.63) is 0 Å². The molecule has 2 saturated heterocycles. The molecule has 3 rings (SSSR count). The molecule has 0 aromatic carbocycles. The van der Waals surface area contributed by atoms with Crippen molar-refractivity contribution in [2.45, 2.75) is 57.0 Å². The highest BCUT2D eigenvalue weighted by Gasteiger charge is 2.31. The minimum Gasteiger partial charge on any atom is -0.381 e. The second-order valence-corrected chi connectivity index (χ2v) is 7.98. The molecule has 7 nitrogen and oxygen atoms in total. The number of piperazine rings is 1. The number of nitrogens with two attached hydrogens (primary N) is 1. The third-order valence-corrected chi connectivity index (χ3v) is 6.08. The van der Waals surface area contributed by atoms with Crippen molar-refractivity contribution in [1.82, 2.24) is 15.1 Å². The minimum atomic E-state index is -0.417. The van der Waals surface area contributed by atoms with Gasteiger partial charge in [-0.2, -0.15) is 0 Å². The highest BCUT2D eigenvalue weighted by molar-refractivity contribution is 5.85. The van der Waals surface area contributed by atoms with Crippen LogP contribution in [0.15, 0.2) is 0 Å². The number of amides is 2. The van der Waals surface area contributed by atoms with E-state index in [1.807, 2.05) is 4.90 Å². The van der Waals surface area contributed by atoms with Gasteiger partial charge < -0.3 is 20.7 Å². The van der Waals surface area contributed by atoms with E-state index in [-0.39, 0.29) is 42.5 Å². The second kappa shape index (κ2) is 12.9. The van der Waals surface area contributed by atoms with E-state index in [1.54, 1.807) is 0 Å². The Morgan fingerprint density at radius 1 is 0.964 bits per heavy atom. The SMILES string of the molecule is Cl.Cl.NC(C(=O)N1CCN(CC(=O)NC2CCCCC2)CC1)C1CCOCC1. The summed E-state index contributed by atoms with van der Waals surface area (Å²) < 4.78 is 5.36. The van der Waals surface area contributed by atoms with Gasteiger partial charge in [0.1, 0.15) is 0 Å². The molecule has 1 unspecified atom stereocenters. The first-order valence-corrected chi connectivity index (χ1v) is 10.3. The number of hydrogen-bond acceptors (Lipinski definition) is 5. The zero-order valence-electron chi connectivity index (χ0n) is 16.6. The Morgan fingerprint density at radius 2 is 1.57 bits per heavy atom. The van der Waals surface area contributed by atoms with Crippen LogP contribution < -0.4 is 11.1 Å². The van der Waals surface area contributed by atoms with Crippen molar-refractivity contribution in [3.8, 4) is 0 Å². The normalized spacial score (nSPS) is 23.2. The molecule has 3 fully saturated rings. The second-order valence-electron chi connectivity index (χ2n) is 7.98. The van der Waals surface area contributed by atoms with Crippen molar-refractivity contribution in [2.75, 3.05) is 45.9 Å². The molecule has 9 heteroatoms. The van der Waals surface area contributed by atoms with Crippen LogP contribution in [-0.4, -0.2) is 79.6 Å². The largest absolute Gasteiger partial charge is 0.381 e. The summed E-state index contributed by atoms with van der Waals surface area (Å²) in [4.78, 5) is 28.9. The minimum absolute atomic E-state index is 0. The van der Waals surface area contributed by atoms with E-state index in [2.05, 4.69) is 10.2 Å². The first-order valence-electron chi connectivity index (χ1n) is 10.3. The molecule has 3 N–H and O–H groups in total. The average molecular weight is 439 g/mol. The number of hydrogen-bond donors (Lipinski definition) is 2. The Morgan fingerprint density at radius 3 is 2.18 bits per heavy atom. The maximum absolute atomic E-state index is 12.7.